The maximum Gasteiger partial charge on any atom is 0.160 e. The molecule has 17 heavy (non-hydrogen) atoms. The van der Waals surface area contributed by atoms with Crippen LogP contribution < -0.4 is 5.73 Å². The summed E-state index contributed by atoms with van der Waals surface area (Å²) in [4.78, 5) is 4.51. The van der Waals surface area contributed by atoms with Crippen molar-refractivity contribution in [2.75, 3.05) is 5.73 Å². The molecule has 4 heteroatoms. The lowest BCUT2D eigenvalue weighted by Crippen LogP contribution is -1.90. The van der Waals surface area contributed by atoms with Gasteiger partial charge in [0, 0.05) is 23.0 Å². The Hall–Kier alpha value is -2.00. The number of hydrogen-bond acceptors (Lipinski definition) is 2. The van der Waals surface area contributed by atoms with Gasteiger partial charge in [-0.2, -0.15) is 0 Å². The van der Waals surface area contributed by atoms with Crippen LogP contribution in [0.3, 0.4) is 0 Å². The Morgan fingerprint density at radius 1 is 1.12 bits per heavy atom. The summed E-state index contributed by atoms with van der Waals surface area (Å²) < 4.78 is 1.92. The van der Waals surface area contributed by atoms with Crippen LogP contribution in [0.5, 0.6) is 0 Å². The number of rotatable bonds is 1. The van der Waals surface area contributed by atoms with E-state index < -0.39 is 0 Å². The van der Waals surface area contributed by atoms with Crippen molar-refractivity contribution in [2.24, 2.45) is 0 Å². The SMILES string of the molecule is Nc1cccn2cc(-c3ccc(Cl)cc3)nc12. The van der Waals surface area contributed by atoms with Crippen LogP contribution in [0.4, 0.5) is 5.69 Å². The number of pyridine rings is 1. The molecule has 0 atom stereocenters. The van der Waals surface area contributed by atoms with Gasteiger partial charge in [-0.15, -0.1) is 0 Å². The second-order valence-electron chi connectivity index (χ2n) is 3.83. The molecule has 0 saturated heterocycles. The minimum absolute atomic E-state index is 0.674. The van der Waals surface area contributed by atoms with E-state index in [4.69, 9.17) is 17.3 Å². The van der Waals surface area contributed by atoms with Crippen molar-refractivity contribution >= 4 is 22.9 Å². The van der Waals surface area contributed by atoms with Gasteiger partial charge >= 0.3 is 0 Å². The van der Waals surface area contributed by atoms with E-state index in [2.05, 4.69) is 4.98 Å². The maximum atomic E-state index is 5.87. The third kappa shape index (κ3) is 1.74. The second kappa shape index (κ2) is 3.79. The molecule has 2 heterocycles. The Labute approximate surface area is 103 Å². The Kier molecular flexibility index (Phi) is 2.27. The summed E-state index contributed by atoms with van der Waals surface area (Å²) in [6.07, 6.45) is 3.88. The number of nitrogens with zero attached hydrogens (tertiary/aromatic N) is 2. The molecule has 0 radical (unpaired) electrons. The quantitative estimate of drug-likeness (QED) is 0.713. The largest absolute Gasteiger partial charge is 0.396 e. The molecule has 0 aliphatic carbocycles. The predicted octanol–water partition coefficient (Wildman–Crippen LogP) is 3.24. The zero-order valence-electron chi connectivity index (χ0n) is 8.97. The van der Waals surface area contributed by atoms with E-state index in [1.165, 1.54) is 0 Å². The number of benzene rings is 1. The average Bonchev–Trinajstić information content (AvgIpc) is 2.75. The fourth-order valence-corrected chi connectivity index (χ4v) is 1.92. The van der Waals surface area contributed by atoms with Gasteiger partial charge in [-0.25, -0.2) is 4.98 Å². The number of nitrogen functional groups attached to an aromatic ring is 1. The minimum atomic E-state index is 0.674. The molecule has 3 aromatic rings. The first-order valence-corrected chi connectivity index (χ1v) is 5.61. The van der Waals surface area contributed by atoms with E-state index in [1.807, 2.05) is 53.2 Å². The highest BCUT2D eigenvalue weighted by molar-refractivity contribution is 6.30. The molecule has 2 aromatic heterocycles. The van der Waals surface area contributed by atoms with Crippen molar-refractivity contribution in [3.05, 3.63) is 53.8 Å². The summed E-state index contributed by atoms with van der Waals surface area (Å²) >= 11 is 5.86. The smallest absolute Gasteiger partial charge is 0.160 e. The highest BCUT2D eigenvalue weighted by atomic mass is 35.5. The highest BCUT2D eigenvalue weighted by Crippen LogP contribution is 2.22. The predicted molar refractivity (Wildman–Crippen MR) is 70.1 cm³/mol. The molecule has 0 spiro atoms. The van der Waals surface area contributed by atoms with Gasteiger partial charge in [0.05, 0.1) is 11.4 Å². The van der Waals surface area contributed by atoms with Gasteiger partial charge in [0.15, 0.2) is 5.65 Å². The summed E-state index contributed by atoms with van der Waals surface area (Å²) in [5, 5.41) is 0.719. The minimum Gasteiger partial charge on any atom is -0.396 e. The molecule has 0 saturated carbocycles. The molecule has 2 N–H and O–H groups in total. The molecule has 0 unspecified atom stereocenters. The number of hydrogen-bond donors (Lipinski definition) is 1. The molecule has 0 fully saturated rings. The summed E-state index contributed by atoms with van der Waals surface area (Å²) in [5.74, 6) is 0. The van der Waals surface area contributed by atoms with Gasteiger partial charge in [0.25, 0.3) is 0 Å². The van der Waals surface area contributed by atoms with Gasteiger partial charge in [0.1, 0.15) is 0 Å². The normalized spacial score (nSPS) is 10.9. The first kappa shape index (κ1) is 10.2. The number of aromatic nitrogens is 2. The summed E-state index contributed by atoms with van der Waals surface area (Å²) in [6.45, 7) is 0. The molecule has 1 aromatic carbocycles. The molecule has 3 rings (SSSR count). The molecule has 0 bridgehead atoms. The fraction of sp³-hybridized carbons (Fsp3) is 0. The van der Waals surface area contributed by atoms with Crippen LogP contribution in [0, 0.1) is 0 Å². The zero-order chi connectivity index (χ0) is 11.8. The van der Waals surface area contributed by atoms with Crippen LogP contribution in [0.25, 0.3) is 16.9 Å². The monoisotopic (exact) mass is 243 g/mol. The standard InChI is InChI=1S/C13H10ClN3/c14-10-5-3-9(4-6-10)12-8-17-7-1-2-11(15)13(17)16-12/h1-8H,15H2. The molecule has 0 amide bonds. The van der Waals surface area contributed by atoms with Crippen LogP contribution in [0.1, 0.15) is 0 Å². The molecule has 3 nitrogen and oxygen atoms in total. The Morgan fingerprint density at radius 2 is 1.88 bits per heavy atom. The fourth-order valence-electron chi connectivity index (χ4n) is 1.79. The highest BCUT2D eigenvalue weighted by Gasteiger charge is 2.05. The maximum absolute atomic E-state index is 5.87. The third-order valence-electron chi connectivity index (χ3n) is 2.65. The number of halogens is 1. The third-order valence-corrected chi connectivity index (χ3v) is 2.90. The number of fused-ring (bicyclic) bond motifs is 1. The van der Waals surface area contributed by atoms with Gasteiger partial charge in [-0.1, -0.05) is 23.7 Å². The number of nitrogens with two attached hydrogens (primary N) is 1. The molecule has 0 aliphatic heterocycles. The van der Waals surface area contributed by atoms with Gasteiger partial charge in [-0.3, -0.25) is 0 Å². The van der Waals surface area contributed by atoms with E-state index in [0.29, 0.717) is 5.69 Å². The van der Waals surface area contributed by atoms with Gasteiger partial charge < -0.3 is 10.1 Å². The van der Waals surface area contributed by atoms with Crippen LogP contribution in [-0.2, 0) is 0 Å². The van der Waals surface area contributed by atoms with E-state index in [1.54, 1.807) is 0 Å². The number of imidazole rings is 1. The van der Waals surface area contributed by atoms with Crippen LogP contribution >= 0.6 is 11.6 Å². The Bertz CT molecular complexity index is 671. The first-order chi connectivity index (χ1) is 8.24. The van der Waals surface area contributed by atoms with Crippen molar-refractivity contribution in [3.63, 3.8) is 0 Å². The van der Waals surface area contributed by atoms with Crippen molar-refractivity contribution in [1.82, 2.24) is 9.38 Å². The molecule has 84 valence electrons. The molecule has 0 aliphatic rings. The van der Waals surface area contributed by atoms with Crippen molar-refractivity contribution < 1.29 is 0 Å². The van der Waals surface area contributed by atoms with Crippen molar-refractivity contribution in [3.8, 4) is 11.3 Å². The topological polar surface area (TPSA) is 43.3 Å². The van der Waals surface area contributed by atoms with E-state index in [-0.39, 0.29) is 0 Å². The van der Waals surface area contributed by atoms with Gasteiger partial charge in [0.2, 0.25) is 0 Å². The van der Waals surface area contributed by atoms with Crippen LogP contribution in [0.2, 0.25) is 5.02 Å². The van der Waals surface area contributed by atoms with Crippen molar-refractivity contribution in [2.45, 2.75) is 0 Å². The second-order valence-corrected chi connectivity index (χ2v) is 4.26. The summed E-state index contributed by atoms with van der Waals surface area (Å²) in [5.41, 5.74) is 9.23. The lowest BCUT2D eigenvalue weighted by Gasteiger charge is -1.95. The van der Waals surface area contributed by atoms with Gasteiger partial charge in [-0.05, 0) is 24.3 Å². The van der Waals surface area contributed by atoms with E-state index in [9.17, 15) is 0 Å². The summed E-state index contributed by atoms with van der Waals surface area (Å²) in [7, 11) is 0. The Morgan fingerprint density at radius 3 is 2.59 bits per heavy atom. The molecular formula is C13H10ClN3. The Balaban J connectivity index is 2.18. The first-order valence-electron chi connectivity index (χ1n) is 5.23. The lowest BCUT2D eigenvalue weighted by molar-refractivity contribution is 1.19. The van der Waals surface area contributed by atoms with E-state index >= 15 is 0 Å². The van der Waals surface area contributed by atoms with Crippen molar-refractivity contribution in [1.29, 1.82) is 0 Å². The zero-order valence-corrected chi connectivity index (χ0v) is 9.72. The van der Waals surface area contributed by atoms with E-state index in [0.717, 1.165) is 21.9 Å². The van der Waals surface area contributed by atoms with Crippen LogP contribution in [0.15, 0.2) is 48.8 Å². The average molecular weight is 244 g/mol. The summed E-state index contributed by atoms with van der Waals surface area (Å²) in [6, 6.07) is 11.3. The van der Waals surface area contributed by atoms with Crippen LogP contribution in [-0.4, -0.2) is 9.38 Å². The molecular weight excluding hydrogens is 234 g/mol. The number of anilines is 1. The lowest BCUT2D eigenvalue weighted by atomic mass is 10.2.